The third kappa shape index (κ3) is 4.09. The van der Waals surface area contributed by atoms with E-state index in [1.807, 2.05) is 6.07 Å². The normalized spacial score (nSPS) is 14.5. The van der Waals surface area contributed by atoms with E-state index in [1.165, 1.54) is 12.1 Å². The number of nitriles is 2. The Hall–Kier alpha value is -5.29. The van der Waals surface area contributed by atoms with Gasteiger partial charge in [-0.05, 0) is 6.92 Å². The number of hydrogen-bond donors (Lipinski definition) is 0. The topological polar surface area (TPSA) is 124 Å². The molecule has 0 bridgehead atoms. The van der Waals surface area contributed by atoms with Gasteiger partial charge in [0.25, 0.3) is 0 Å². The zero-order valence-electron chi connectivity index (χ0n) is 19.0. The number of hydrogen-bond acceptors (Lipinski definition) is 8. The summed E-state index contributed by atoms with van der Waals surface area (Å²) in [6.07, 6.45) is -1.61. The second kappa shape index (κ2) is 9.06. The quantitative estimate of drug-likeness (QED) is 0.322. The van der Waals surface area contributed by atoms with Gasteiger partial charge < -0.3 is 0 Å². The van der Waals surface area contributed by atoms with Gasteiger partial charge in [-0.2, -0.15) is 33.7 Å². The molecule has 2 aromatic carbocycles. The molecule has 0 aliphatic heterocycles. The number of aliphatic imine (C=N–C) groups is 2. The molecule has 8 nitrogen and oxygen atoms in total. The molecule has 2 aromatic heterocycles. The predicted octanol–water partition coefficient (Wildman–Crippen LogP) is 4.88. The number of rotatable bonds is 2. The van der Waals surface area contributed by atoms with Crippen LogP contribution in [0.4, 0.5) is 13.2 Å². The van der Waals surface area contributed by atoms with Crippen LogP contribution in [0.2, 0.25) is 0 Å². The Morgan fingerprint density at radius 1 is 0.622 bits per heavy atom. The minimum atomic E-state index is -4.88. The molecule has 0 saturated heterocycles. The minimum Gasteiger partial charge on any atom is -0.247 e. The first-order valence-corrected chi connectivity index (χ1v) is 10.8. The van der Waals surface area contributed by atoms with E-state index >= 15 is 0 Å². The van der Waals surface area contributed by atoms with Gasteiger partial charge in [0.1, 0.15) is 39.9 Å². The van der Waals surface area contributed by atoms with Crippen LogP contribution in [0, 0.1) is 29.8 Å². The first-order chi connectivity index (χ1) is 17.8. The van der Waals surface area contributed by atoms with Gasteiger partial charge >= 0.3 is 6.18 Å². The third-order valence-electron chi connectivity index (χ3n) is 5.55. The highest BCUT2D eigenvalue weighted by Crippen LogP contribution is 2.37. The van der Waals surface area contributed by atoms with Crippen molar-refractivity contribution in [2.24, 2.45) is 9.98 Å². The molecule has 0 atom stereocenters. The molecule has 0 saturated carbocycles. The van der Waals surface area contributed by atoms with Gasteiger partial charge in [-0.3, -0.25) is 0 Å². The van der Waals surface area contributed by atoms with Crippen molar-refractivity contribution in [1.29, 1.82) is 10.5 Å². The van der Waals surface area contributed by atoms with E-state index in [0.29, 0.717) is 17.0 Å². The largest absolute Gasteiger partial charge is 0.435 e. The van der Waals surface area contributed by atoms with E-state index in [1.54, 1.807) is 61.8 Å². The van der Waals surface area contributed by atoms with Crippen molar-refractivity contribution in [3.63, 3.8) is 0 Å². The lowest BCUT2D eigenvalue weighted by Crippen LogP contribution is -2.30. The third-order valence-corrected chi connectivity index (χ3v) is 5.55. The van der Waals surface area contributed by atoms with E-state index in [-0.39, 0.29) is 39.8 Å². The van der Waals surface area contributed by atoms with E-state index in [0.717, 1.165) is 0 Å². The Labute approximate surface area is 208 Å². The average molecular weight is 494 g/mol. The second-order valence-electron chi connectivity index (χ2n) is 7.82. The highest BCUT2D eigenvalue weighted by atomic mass is 19.4. The van der Waals surface area contributed by atoms with Crippen LogP contribution in [0.1, 0.15) is 34.2 Å². The molecule has 0 N–H and O–H groups in total. The van der Waals surface area contributed by atoms with Crippen LogP contribution in [-0.2, 0) is 6.18 Å². The molecule has 0 unspecified atom stereocenters. The van der Waals surface area contributed by atoms with Crippen LogP contribution < -0.4 is 0 Å². The number of benzene rings is 2. The highest BCUT2D eigenvalue weighted by Gasteiger charge is 2.41. The van der Waals surface area contributed by atoms with Crippen molar-refractivity contribution < 1.29 is 13.2 Å². The van der Waals surface area contributed by atoms with Crippen molar-refractivity contribution >= 4 is 11.4 Å². The first-order valence-electron chi connectivity index (χ1n) is 10.8. The molecule has 0 spiro atoms. The van der Waals surface area contributed by atoms with Crippen LogP contribution in [-0.4, -0.2) is 31.4 Å². The van der Waals surface area contributed by atoms with E-state index in [4.69, 9.17) is 0 Å². The van der Waals surface area contributed by atoms with Crippen LogP contribution in [0.3, 0.4) is 0 Å². The highest BCUT2D eigenvalue weighted by molar-refractivity contribution is 6.29. The molecule has 0 amide bonds. The van der Waals surface area contributed by atoms with Crippen molar-refractivity contribution in [2.45, 2.75) is 13.1 Å². The fourth-order valence-corrected chi connectivity index (χ4v) is 4.02. The lowest BCUT2D eigenvalue weighted by Gasteiger charge is -2.23. The van der Waals surface area contributed by atoms with Crippen LogP contribution in [0.5, 0.6) is 0 Å². The Bertz CT molecular complexity index is 1680. The fraction of sp³-hybridized carbons (Fsp3) is 0.0769. The molecule has 1 aliphatic carbocycles. The zero-order valence-corrected chi connectivity index (χ0v) is 19.0. The van der Waals surface area contributed by atoms with Crippen molar-refractivity contribution in [2.75, 3.05) is 0 Å². The molecule has 0 fully saturated rings. The molecule has 1 aliphatic rings. The summed E-state index contributed by atoms with van der Waals surface area (Å²) in [7, 11) is 0. The van der Waals surface area contributed by atoms with Gasteiger partial charge in [-0.15, -0.1) is 0 Å². The average Bonchev–Trinajstić information content (AvgIpc) is 2.90. The molecule has 178 valence electrons. The summed E-state index contributed by atoms with van der Waals surface area (Å²) in [5.41, 5.74) is -0.823. The number of aromatic nitrogens is 4. The number of aryl methyl sites for hydroxylation is 1. The number of nitrogens with zero attached hydrogens (tertiary/aromatic N) is 8. The second-order valence-corrected chi connectivity index (χ2v) is 7.82. The lowest BCUT2D eigenvalue weighted by molar-refractivity contribution is -0.140. The molecule has 0 radical (unpaired) electrons. The van der Waals surface area contributed by atoms with Gasteiger partial charge in [0.05, 0.1) is 11.4 Å². The summed E-state index contributed by atoms with van der Waals surface area (Å²) >= 11 is 0. The minimum absolute atomic E-state index is 0.0256. The SMILES string of the molecule is Cc1nc2c(nc1-c1ccccc1)/C(=N\C#N)c1nc(C(F)(F)F)c(-c3ccccc3)nc1/C2=N\C#N. The number of fused-ring (bicyclic) bond motifs is 2. The van der Waals surface area contributed by atoms with Gasteiger partial charge in [-0.1, -0.05) is 60.7 Å². The smallest absolute Gasteiger partial charge is 0.247 e. The molecular weight excluding hydrogens is 481 g/mol. The van der Waals surface area contributed by atoms with Crippen molar-refractivity contribution in [3.8, 4) is 34.9 Å². The molecule has 5 rings (SSSR count). The Morgan fingerprint density at radius 2 is 1.05 bits per heavy atom. The van der Waals surface area contributed by atoms with Gasteiger partial charge in [0, 0.05) is 11.1 Å². The van der Waals surface area contributed by atoms with E-state index in [9.17, 15) is 23.7 Å². The molecule has 4 aromatic rings. The number of alkyl halides is 3. The van der Waals surface area contributed by atoms with E-state index < -0.39 is 17.6 Å². The van der Waals surface area contributed by atoms with Crippen molar-refractivity contribution in [1.82, 2.24) is 19.9 Å². The summed E-state index contributed by atoms with van der Waals surface area (Å²) in [6, 6.07) is 16.7. The van der Waals surface area contributed by atoms with Crippen molar-refractivity contribution in [3.05, 3.63) is 94.8 Å². The number of halogens is 3. The maximum absolute atomic E-state index is 14.2. The molecule has 2 heterocycles. The fourth-order valence-electron chi connectivity index (χ4n) is 4.02. The van der Waals surface area contributed by atoms with Gasteiger partial charge in [-0.25, -0.2) is 19.9 Å². The Morgan fingerprint density at radius 3 is 1.54 bits per heavy atom. The summed E-state index contributed by atoms with van der Waals surface area (Å²) in [4.78, 5) is 24.9. The van der Waals surface area contributed by atoms with Gasteiger partial charge in [0.2, 0.25) is 12.4 Å². The van der Waals surface area contributed by atoms with Crippen LogP contribution >= 0.6 is 0 Å². The Kier molecular flexibility index (Phi) is 5.74. The standard InChI is InChI=1S/C26H13F3N8/c1-14-17(15-8-4-2-5-9-15)35-22-20(33-13-31)24-23(19(32-12-30)21(22)34-14)36-18(16-10-6-3-7-11-16)25(37-24)26(27,28)29/h2-11H,1H3/b32-19-,33-20+. The summed E-state index contributed by atoms with van der Waals surface area (Å²) < 4.78 is 42.5. The van der Waals surface area contributed by atoms with Crippen LogP contribution in [0.15, 0.2) is 70.6 Å². The lowest BCUT2D eigenvalue weighted by atomic mass is 9.94. The maximum Gasteiger partial charge on any atom is 0.435 e. The molecule has 37 heavy (non-hydrogen) atoms. The monoisotopic (exact) mass is 494 g/mol. The van der Waals surface area contributed by atoms with Crippen LogP contribution in [0.25, 0.3) is 22.5 Å². The van der Waals surface area contributed by atoms with Gasteiger partial charge in [0.15, 0.2) is 5.69 Å². The maximum atomic E-state index is 14.2. The van der Waals surface area contributed by atoms with E-state index in [2.05, 4.69) is 29.9 Å². The zero-order chi connectivity index (χ0) is 26.2. The Balaban J connectivity index is 1.87. The molecular formula is C26H13F3N8. The summed E-state index contributed by atoms with van der Waals surface area (Å²) in [5.74, 6) is 0. The first kappa shape index (κ1) is 23.5. The predicted molar refractivity (Wildman–Crippen MR) is 127 cm³/mol. The summed E-state index contributed by atoms with van der Waals surface area (Å²) in [5, 5.41) is 18.8. The molecule has 11 heteroatoms. The summed E-state index contributed by atoms with van der Waals surface area (Å²) in [6.45, 7) is 1.70.